The Labute approximate surface area is 165 Å². The van der Waals surface area contributed by atoms with Gasteiger partial charge in [0.2, 0.25) is 5.75 Å². The zero-order valence-corrected chi connectivity index (χ0v) is 16.6. The van der Waals surface area contributed by atoms with Gasteiger partial charge in [-0.25, -0.2) is 0 Å². The van der Waals surface area contributed by atoms with Gasteiger partial charge in [-0.3, -0.25) is 0 Å². The lowest BCUT2D eigenvalue weighted by Crippen LogP contribution is -2.10. The van der Waals surface area contributed by atoms with E-state index in [2.05, 4.69) is 10.2 Å². The lowest BCUT2D eigenvalue weighted by Gasteiger charge is -2.15. The molecule has 1 fully saturated rings. The standard InChI is InChI=1S/C18H15ClN2O4S2/c1-11-4-2-5-13(12-7-8-12)17(11)24-18-14(10-15(19)20-21-18)25-27(22,23)16-6-3-9-26-16/h2-6,9-10,12H,7-8H2,1H3. The summed E-state index contributed by atoms with van der Waals surface area (Å²) in [7, 11) is -4.01. The predicted octanol–water partition coefficient (Wildman–Crippen LogP) is 4.94. The maximum absolute atomic E-state index is 12.5. The van der Waals surface area contributed by atoms with Gasteiger partial charge in [0.05, 0.1) is 0 Å². The number of rotatable bonds is 6. The van der Waals surface area contributed by atoms with Crippen molar-refractivity contribution < 1.29 is 17.3 Å². The van der Waals surface area contributed by atoms with Crippen LogP contribution in [0.4, 0.5) is 0 Å². The molecule has 2 heterocycles. The Bertz CT molecular complexity index is 1080. The number of ether oxygens (including phenoxy) is 1. The van der Waals surface area contributed by atoms with Gasteiger partial charge in [-0.05, 0) is 48.3 Å². The van der Waals surface area contributed by atoms with Gasteiger partial charge in [0.1, 0.15) is 5.75 Å². The normalized spacial score (nSPS) is 14.1. The molecule has 0 aliphatic heterocycles. The molecule has 0 bridgehead atoms. The maximum Gasteiger partial charge on any atom is 0.349 e. The van der Waals surface area contributed by atoms with E-state index in [1.165, 1.54) is 12.1 Å². The second-order valence-electron chi connectivity index (χ2n) is 6.18. The average molecular weight is 423 g/mol. The van der Waals surface area contributed by atoms with E-state index in [0.29, 0.717) is 11.7 Å². The number of aryl methyl sites for hydroxylation is 1. The summed E-state index contributed by atoms with van der Waals surface area (Å²) in [6.45, 7) is 1.92. The van der Waals surface area contributed by atoms with Crippen LogP contribution in [0.25, 0.3) is 0 Å². The summed E-state index contributed by atoms with van der Waals surface area (Å²) >= 11 is 6.95. The molecule has 6 nitrogen and oxygen atoms in total. The highest BCUT2D eigenvalue weighted by Gasteiger charge is 2.29. The first-order valence-electron chi connectivity index (χ1n) is 8.22. The van der Waals surface area contributed by atoms with Crippen molar-refractivity contribution in [2.24, 2.45) is 0 Å². The first-order chi connectivity index (χ1) is 12.9. The summed E-state index contributed by atoms with van der Waals surface area (Å²) < 4.78 is 36.3. The molecular weight excluding hydrogens is 408 g/mol. The van der Waals surface area contributed by atoms with Crippen LogP contribution >= 0.6 is 22.9 Å². The van der Waals surface area contributed by atoms with E-state index < -0.39 is 10.1 Å². The molecule has 1 aromatic carbocycles. The van der Waals surface area contributed by atoms with E-state index in [4.69, 9.17) is 20.5 Å². The third-order valence-electron chi connectivity index (χ3n) is 4.10. The van der Waals surface area contributed by atoms with Crippen LogP contribution in [0, 0.1) is 6.92 Å². The van der Waals surface area contributed by atoms with Crippen molar-refractivity contribution in [3.05, 3.63) is 58.1 Å². The lowest BCUT2D eigenvalue weighted by atomic mass is 10.1. The fourth-order valence-corrected chi connectivity index (χ4v) is 4.67. The number of aromatic nitrogens is 2. The van der Waals surface area contributed by atoms with Crippen LogP contribution in [-0.2, 0) is 10.1 Å². The number of para-hydroxylation sites is 1. The largest absolute Gasteiger partial charge is 0.434 e. The molecule has 1 aliphatic carbocycles. The molecular formula is C18H15ClN2O4S2. The van der Waals surface area contributed by atoms with Crippen LogP contribution in [0.15, 0.2) is 46.0 Å². The van der Waals surface area contributed by atoms with Crippen LogP contribution in [0.5, 0.6) is 17.4 Å². The molecule has 0 unspecified atom stereocenters. The number of nitrogens with zero attached hydrogens (tertiary/aromatic N) is 2. The van der Waals surface area contributed by atoms with Gasteiger partial charge >= 0.3 is 10.1 Å². The summed E-state index contributed by atoms with van der Waals surface area (Å²) in [6, 6.07) is 10.3. The van der Waals surface area contributed by atoms with Crippen molar-refractivity contribution in [2.75, 3.05) is 0 Å². The number of halogens is 1. The summed E-state index contributed by atoms with van der Waals surface area (Å²) in [5.74, 6) is 0.943. The fraction of sp³-hybridized carbons (Fsp3) is 0.222. The van der Waals surface area contributed by atoms with Crippen molar-refractivity contribution >= 4 is 33.1 Å². The quantitative estimate of drug-likeness (QED) is 0.523. The topological polar surface area (TPSA) is 78.4 Å². The monoisotopic (exact) mass is 422 g/mol. The Morgan fingerprint density at radius 3 is 2.70 bits per heavy atom. The van der Waals surface area contributed by atoms with E-state index in [9.17, 15) is 8.42 Å². The van der Waals surface area contributed by atoms with Crippen molar-refractivity contribution in [3.63, 3.8) is 0 Å². The molecule has 27 heavy (non-hydrogen) atoms. The molecule has 140 valence electrons. The van der Waals surface area contributed by atoms with Gasteiger partial charge in [-0.1, -0.05) is 35.9 Å². The van der Waals surface area contributed by atoms with Gasteiger partial charge in [-0.15, -0.1) is 21.5 Å². The number of thiophene rings is 1. The van der Waals surface area contributed by atoms with Crippen LogP contribution in [-0.4, -0.2) is 18.6 Å². The SMILES string of the molecule is Cc1cccc(C2CC2)c1Oc1nnc(Cl)cc1OS(=O)(=O)c1cccs1. The Morgan fingerprint density at radius 1 is 1.19 bits per heavy atom. The molecule has 1 aliphatic rings. The van der Waals surface area contributed by atoms with Gasteiger partial charge < -0.3 is 8.92 Å². The zero-order valence-electron chi connectivity index (χ0n) is 14.3. The highest BCUT2D eigenvalue weighted by atomic mass is 35.5. The minimum absolute atomic E-state index is 0.00549. The fourth-order valence-electron chi connectivity index (χ4n) is 2.66. The minimum atomic E-state index is -4.01. The predicted molar refractivity (Wildman–Crippen MR) is 102 cm³/mol. The van der Waals surface area contributed by atoms with Crippen LogP contribution in [0.1, 0.15) is 29.9 Å². The van der Waals surface area contributed by atoms with Gasteiger partial charge in [0, 0.05) is 6.07 Å². The third kappa shape index (κ3) is 3.92. The van der Waals surface area contributed by atoms with E-state index in [1.807, 2.05) is 25.1 Å². The first kappa shape index (κ1) is 18.2. The molecule has 1 saturated carbocycles. The van der Waals surface area contributed by atoms with Gasteiger partial charge in [0.15, 0.2) is 9.36 Å². The minimum Gasteiger partial charge on any atom is -0.434 e. The number of hydrogen-bond donors (Lipinski definition) is 0. The highest BCUT2D eigenvalue weighted by Crippen LogP contribution is 2.47. The third-order valence-corrected chi connectivity index (χ3v) is 6.87. The summed E-state index contributed by atoms with van der Waals surface area (Å²) in [4.78, 5) is 0. The van der Waals surface area contributed by atoms with Crippen LogP contribution < -0.4 is 8.92 Å². The number of hydrogen-bond acceptors (Lipinski definition) is 7. The lowest BCUT2D eigenvalue weighted by molar-refractivity contribution is 0.410. The van der Waals surface area contributed by atoms with E-state index in [0.717, 1.165) is 35.3 Å². The second-order valence-corrected chi connectivity index (χ2v) is 9.28. The molecule has 2 aromatic heterocycles. The molecule has 0 atom stereocenters. The first-order valence-corrected chi connectivity index (χ1v) is 10.9. The second kappa shape index (κ2) is 7.10. The molecule has 0 amide bonds. The Kier molecular flexibility index (Phi) is 4.79. The molecule has 0 saturated heterocycles. The molecule has 0 N–H and O–H groups in total. The summed E-state index contributed by atoms with van der Waals surface area (Å²) in [5, 5.41) is 9.34. The van der Waals surface area contributed by atoms with Gasteiger partial charge in [-0.2, -0.15) is 8.42 Å². The van der Waals surface area contributed by atoms with E-state index >= 15 is 0 Å². The smallest absolute Gasteiger partial charge is 0.349 e. The summed E-state index contributed by atoms with van der Waals surface area (Å²) in [6.07, 6.45) is 2.20. The molecule has 3 aromatic rings. The van der Waals surface area contributed by atoms with E-state index in [-0.39, 0.29) is 21.0 Å². The Morgan fingerprint density at radius 2 is 2.00 bits per heavy atom. The molecule has 4 rings (SSSR count). The zero-order chi connectivity index (χ0) is 19.0. The summed E-state index contributed by atoms with van der Waals surface area (Å²) in [5.41, 5.74) is 1.99. The van der Waals surface area contributed by atoms with Crippen molar-refractivity contribution in [3.8, 4) is 17.4 Å². The maximum atomic E-state index is 12.5. The van der Waals surface area contributed by atoms with Crippen molar-refractivity contribution in [1.29, 1.82) is 0 Å². The van der Waals surface area contributed by atoms with E-state index in [1.54, 1.807) is 11.4 Å². The highest BCUT2D eigenvalue weighted by molar-refractivity contribution is 7.89. The van der Waals surface area contributed by atoms with Crippen LogP contribution in [0.3, 0.4) is 0 Å². The Balaban J connectivity index is 1.71. The number of benzene rings is 1. The average Bonchev–Trinajstić information content (AvgIpc) is 3.30. The van der Waals surface area contributed by atoms with Crippen molar-refractivity contribution in [1.82, 2.24) is 10.2 Å². The molecule has 0 radical (unpaired) electrons. The van der Waals surface area contributed by atoms with Gasteiger partial charge in [0.25, 0.3) is 5.88 Å². The Hall–Kier alpha value is -2.16. The van der Waals surface area contributed by atoms with Crippen LogP contribution in [0.2, 0.25) is 5.15 Å². The molecule has 0 spiro atoms. The van der Waals surface area contributed by atoms with Crippen molar-refractivity contribution in [2.45, 2.75) is 29.9 Å². The molecule has 9 heteroatoms.